The molecule has 0 radical (unpaired) electrons. The predicted molar refractivity (Wildman–Crippen MR) is 125 cm³/mol. The molecule has 0 saturated carbocycles. The standard InChI is InChI=1S/C21H24ClN3O4S2/c1-2-29-20(26)15-3-7-17(8-4-15)23-21(30)24-18-11-13-25(14-12-18)31(27,28)19-9-5-16(22)6-10-19/h3-10,18H,2,11-14H2,1H3,(H2,23,24,30). The van der Waals surface area contributed by atoms with Gasteiger partial charge in [-0.15, -0.1) is 0 Å². The average Bonchev–Trinajstić information content (AvgIpc) is 2.75. The van der Waals surface area contributed by atoms with E-state index in [0.717, 1.165) is 5.69 Å². The van der Waals surface area contributed by atoms with Gasteiger partial charge in [-0.2, -0.15) is 4.31 Å². The van der Waals surface area contributed by atoms with Crippen molar-refractivity contribution >= 4 is 50.6 Å². The Morgan fingerprint density at radius 3 is 2.32 bits per heavy atom. The minimum atomic E-state index is -3.53. The van der Waals surface area contributed by atoms with Gasteiger partial charge in [0.15, 0.2) is 5.11 Å². The number of esters is 1. The molecule has 0 atom stereocenters. The number of carbonyl (C=O) groups excluding carboxylic acids is 1. The number of hydrogen-bond donors (Lipinski definition) is 2. The monoisotopic (exact) mass is 481 g/mol. The van der Waals surface area contributed by atoms with E-state index in [1.807, 2.05) is 0 Å². The summed E-state index contributed by atoms with van der Waals surface area (Å²) in [7, 11) is -3.53. The number of halogens is 1. The lowest BCUT2D eigenvalue weighted by atomic mass is 10.1. The van der Waals surface area contributed by atoms with Crippen LogP contribution in [0.25, 0.3) is 0 Å². The molecule has 1 fully saturated rings. The molecule has 10 heteroatoms. The zero-order chi connectivity index (χ0) is 22.4. The van der Waals surface area contributed by atoms with Gasteiger partial charge in [0, 0.05) is 29.8 Å². The van der Waals surface area contributed by atoms with Gasteiger partial charge in [-0.1, -0.05) is 11.6 Å². The molecule has 0 unspecified atom stereocenters. The van der Waals surface area contributed by atoms with Gasteiger partial charge in [0.05, 0.1) is 17.1 Å². The highest BCUT2D eigenvalue weighted by atomic mass is 35.5. The van der Waals surface area contributed by atoms with Crippen molar-refractivity contribution in [1.82, 2.24) is 9.62 Å². The Kier molecular flexibility index (Phi) is 7.88. The lowest BCUT2D eigenvalue weighted by Crippen LogP contribution is -2.47. The summed E-state index contributed by atoms with van der Waals surface area (Å²) in [5.74, 6) is -0.366. The molecule has 1 saturated heterocycles. The van der Waals surface area contributed by atoms with Gasteiger partial charge in [-0.3, -0.25) is 0 Å². The van der Waals surface area contributed by atoms with E-state index in [0.29, 0.717) is 48.2 Å². The first kappa shape index (κ1) is 23.5. The second kappa shape index (κ2) is 10.4. The van der Waals surface area contributed by atoms with Crippen molar-refractivity contribution in [3.63, 3.8) is 0 Å². The molecule has 166 valence electrons. The molecule has 2 aromatic carbocycles. The number of rotatable bonds is 6. The zero-order valence-corrected chi connectivity index (χ0v) is 19.4. The zero-order valence-electron chi connectivity index (χ0n) is 17.0. The second-order valence-electron chi connectivity index (χ2n) is 7.03. The highest BCUT2D eigenvalue weighted by molar-refractivity contribution is 7.89. The maximum atomic E-state index is 12.8. The van der Waals surface area contributed by atoms with Crippen LogP contribution in [0.15, 0.2) is 53.4 Å². The molecule has 0 bridgehead atoms. The molecule has 1 heterocycles. The van der Waals surface area contributed by atoms with Crippen LogP contribution in [0.4, 0.5) is 5.69 Å². The number of hydrogen-bond acceptors (Lipinski definition) is 5. The van der Waals surface area contributed by atoms with Crippen LogP contribution < -0.4 is 10.6 Å². The molecular weight excluding hydrogens is 458 g/mol. The summed E-state index contributed by atoms with van der Waals surface area (Å²) in [5.41, 5.74) is 1.22. The van der Waals surface area contributed by atoms with Crippen LogP contribution in [0.3, 0.4) is 0 Å². The Morgan fingerprint density at radius 1 is 1.13 bits per heavy atom. The topological polar surface area (TPSA) is 87.7 Å². The molecule has 0 amide bonds. The molecule has 3 rings (SSSR count). The normalized spacial score (nSPS) is 15.3. The molecule has 2 aromatic rings. The summed E-state index contributed by atoms with van der Waals surface area (Å²) in [6.07, 6.45) is 1.27. The van der Waals surface area contributed by atoms with Crippen molar-refractivity contribution in [3.8, 4) is 0 Å². The number of nitrogens with zero attached hydrogens (tertiary/aromatic N) is 1. The molecule has 7 nitrogen and oxygen atoms in total. The third kappa shape index (κ3) is 6.16. The van der Waals surface area contributed by atoms with Crippen LogP contribution in [0.5, 0.6) is 0 Å². The predicted octanol–water partition coefficient (Wildman–Crippen LogP) is 3.66. The maximum absolute atomic E-state index is 12.8. The third-order valence-electron chi connectivity index (χ3n) is 4.89. The van der Waals surface area contributed by atoms with E-state index in [-0.39, 0.29) is 16.9 Å². The van der Waals surface area contributed by atoms with Crippen LogP contribution >= 0.6 is 23.8 Å². The van der Waals surface area contributed by atoms with E-state index in [9.17, 15) is 13.2 Å². The number of carbonyl (C=O) groups is 1. The number of ether oxygens (including phenoxy) is 1. The largest absolute Gasteiger partial charge is 0.462 e. The van der Waals surface area contributed by atoms with Crippen molar-refractivity contribution in [1.29, 1.82) is 0 Å². The van der Waals surface area contributed by atoms with Crippen LogP contribution in [-0.4, -0.2) is 49.5 Å². The summed E-state index contributed by atoms with van der Waals surface area (Å²) in [6, 6.07) is 13.1. The molecule has 31 heavy (non-hydrogen) atoms. The smallest absolute Gasteiger partial charge is 0.338 e. The summed E-state index contributed by atoms with van der Waals surface area (Å²) < 4.78 is 32.0. The third-order valence-corrected chi connectivity index (χ3v) is 7.28. The molecule has 0 aliphatic carbocycles. The van der Waals surface area contributed by atoms with Gasteiger partial charge in [-0.25, -0.2) is 13.2 Å². The minimum Gasteiger partial charge on any atom is -0.462 e. The van der Waals surface area contributed by atoms with Gasteiger partial charge < -0.3 is 15.4 Å². The van der Waals surface area contributed by atoms with Crippen molar-refractivity contribution in [2.75, 3.05) is 25.0 Å². The van der Waals surface area contributed by atoms with Crippen LogP contribution in [-0.2, 0) is 14.8 Å². The first-order valence-electron chi connectivity index (χ1n) is 9.90. The quantitative estimate of drug-likeness (QED) is 0.481. The minimum absolute atomic E-state index is 0.0653. The molecule has 2 N–H and O–H groups in total. The van der Waals surface area contributed by atoms with E-state index < -0.39 is 10.0 Å². The maximum Gasteiger partial charge on any atom is 0.338 e. The van der Waals surface area contributed by atoms with E-state index in [1.165, 1.54) is 16.4 Å². The lowest BCUT2D eigenvalue weighted by Gasteiger charge is -2.32. The van der Waals surface area contributed by atoms with Crippen LogP contribution in [0.2, 0.25) is 5.02 Å². The van der Waals surface area contributed by atoms with E-state index >= 15 is 0 Å². The number of anilines is 1. The van der Waals surface area contributed by atoms with Crippen molar-refractivity contribution in [2.24, 2.45) is 0 Å². The van der Waals surface area contributed by atoms with Crippen LogP contribution in [0, 0.1) is 0 Å². The van der Waals surface area contributed by atoms with Gasteiger partial charge in [0.2, 0.25) is 10.0 Å². The fraction of sp³-hybridized carbons (Fsp3) is 0.333. The van der Waals surface area contributed by atoms with Gasteiger partial charge in [0.25, 0.3) is 0 Å². The second-order valence-corrected chi connectivity index (χ2v) is 9.81. The highest BCUT2D eigenvalue weighted by Crippen LogP contribution is 2.22. The first-order chi connectivity index (χ1) is 14.8. The number of thiocarbonyl (C=S) groups is 1. The van der Waals surface area contributed by atoms with Gasteiger partial charge in [0.1, 0.15) is 0 Å². The van der Waals surface area contributed by atoms with E-state index in [2.05, 4.69) is 10.6 Å². The average molecular weight is 482 g/mol. The van der Waals surface area contributed by atoms with Gasteiger partial charge in [-0.05, 0) is 80.5 Å². The molecule has 1 aliphatic heterocycles. The molecule has 0 aromatic heterocycles. The van der Waals surface area contributed by atoms with Crippen molar-refractivity contribution < 1.29 is 17.9 Å². The summed E-state index contributed by atoms with van der Waals surface area (Å²) >= 11 is 11.2. The summed E-state index contributed by atoms with van der Waals surface area (Å²) in [4.78, 5) is 12.0. The number of benzene rings is 2. The number of nitrogens with one attached hydrogen (secondary N) is 2. The van der Waals surface area contributed by atoms with E-state index in [4.69, 9.17) is 28.6 Å². The first-order valence-corrected chi connectivity index (χ1v) is 12.1. The Hall–Kier alpha value is -2.20. The fourth-order valence-electron chi connectivity index (χ4n) is 3.25. The molecule has 0 spiro atoms. The van der Waals surface area contributed by atoms with Crippen LogP contribution in [0.1, 0.15) is 30.1 Å². The highest BCUT2D eigenvalue weighted by Gasteiger charge is 2.29. The number of piperidine rings is 1. The van der Waals surface area contributed by atoms with Gasteiger partial charge >= 0.3 is 5.97 Å². The van der Waals surface area contributed by atoms with E-state index in [1.54, 1.807) is 43.3 Å². The fourth-order valence-corrected chi connectivity index (χ4v) is 5.13. The Morgan fingerprint density at radius 2 is 1.74 bits per heavy atom. The van der Waals surface area contributed by atoms with Crippen molar-refractivity contribution in [2.45, 2.75) is 30.7 Å². The SMILES string of the molecule is CCOC(=O)c1ccc(NC(=S)NC2CCN(S(=O)(=O)c3ccc(Cl)cc3)CC2)cc1. The number of sulfonamides is 1. The lowest BCUT2D eigenvalue weighted by molar-refractivity contribution is 0.0526. The molecule has 1 aliphatic rings. The Bertz CT molecular complexity index is 1020. The summed E-state index contributed by atoms with van der Waals surface area (Å²) in [5, 5.41) is 7.26. The molecular formula is C21H24ClN3O4S2. The summed E-state index contributed by atoms with van der Waals surface area (Å²) in [6.45, 7) is 2.89. The Labute approximate surface area is 192 Å². The Balaban J connectivity index is 1.50. The van der Waals surface area contributed by atoms with Crippen molar-refractivity contribution in [3.05, 3.63) is 59.1 Å².